The van der Waals surface area contributed by atoms with Gasteiger partial charge in [0.2, 0.25) is 0 Å². The Hall–Kier alpha value is -2.11. The van der Waals surface area contributed by atoms with Crippen molar-refractivity contribution in [3.63, 3.8) is 0 Å². The number of pyridine rings is 1. The SMILES string of the molecule is CCNC(=O)N(CCCc1ccccn1)C(=N)N. The highest BCUT2D eigenvalue weighted by Crippen LogP contribution is 2.00. The van der Waals surface area contributed by atoms with Crippen molar-refractivity contribution in [3.05, 3.63) is 30.1 Å². The number of nitrogens with zero attached hydrogens (tertiary/aromatic N) is 2. The Morgan fingerprint density at radius 1 is 1.56 bits per heavy atom. The molecule has 0 spiro atoms. The Morgan fingerprint density at radius 2 is 2.33 bits per heavy atom. The number of hydrogen-bond acceptors (Lipinski definition) is 3. The van der Waals surface area contributed by atoms with E-state index in [1.807, 2.05) is 25.1 Å². The van der Waals surface area contributed by atoms with Gasteiger partial charge in [-0.2, -0.15) is 0 Å². The predicted molar refractivity (Wildman–Crippen MR) is 70.3 cm³/mol. The molecule has 1 aromatic heterocycles. The van der Waals surface area contributed by atoms with Crippen molar-refractivity contribution in [2.24, 2.45) is 5.73 Å². The second-order valence-corrected chi connectivity index (χ2v) is 3.80. The lowest BCUT2D eigenvalue weighted by Gasteiger charge is -2.20. The molecule has 1 heterocycles. The van der Waals surface area contributed by atoms with Crippen molar-refractivity contribution in [1.29, 1.82) is 5.41 Å². The minimum Gasteiger partial charge on any atom is -0.370 e. The summed E-state index contributed by atoms with van der Waals surface area (Å²) >= 11 is 0. The molecule has 98 valence electrons. The maximum atomic E-state index is 11.6. The molecule has 18 heavy (non-hydrogen) atoms. The van der Waals surface area contributed by atoms with E-state index in [2.05, 4.69) is 10.3 Å². The summed E-state index contributed by atoms with van der Waals surface area (Å²) < 4.78 is 0. The van der Waals surface area contributed by atoms with Crippen molar-refractivity contribution in [1.82, 2.24) is 15.2 Å². The van der Waals surface area contributed by atoms with E-state index >= 15 is 0 Å². The van der Waals surface area contributed by atoms with Crippen LogP contribution in [-0.4, -0.2) is 35.0 Å². The number of rotatable bonds is 5. The van der Waals surface area contributed by atoms with Gasteiger partial charge in [0.25, 0.3) is 0 Å². The molecule has 1 aromatic rings. The van der Waals surface area contributed by atoms with Crippen molar-refractivity contribution < 1.29 is 4.79 Å². The van der Waals surface area contributed by atoms with Crippen LogP contribution in [0, 0.1) is 5.41 Å². The Bertz CT molecular complexity index is 393. The Morgan fingerprint density at radius 3 is 2.89 bits per heavy atom. The lowest BCUT2D eigenvalue weighted by atomic mass is 10.2. The monoisotopic (exact) mass is 249 g/mol. The zero-order valence-corrected chi connectivity index (χ0v) is 10.5. The lowest BCUT2D eigenvalue weighted by Crippen LogP contribution is -2.47. The number of nitrogens with two attached hydrogens (primary N) is 1. The normalized spacial score (nSPS) is 9.83. The van der Waals surface area contributed by atoms with Gasteiger partial charge >= 0.3 is 6.03 Å². The molecule has 0 fully saturated rings. The topological polar surface area (TPSA) is 95.1 Å². The lowest BCUT2D eigenvalue weighted by molar-refractivity contribution is 0.220. The summed E-state index contributed by atoms with van der Waals surface area (Å²) in [6, 6.07) is 5.39. The predicted octanol–water partition coefficient (Wildman–Crippen LogP) is 0.939. The van der Waals surface area contributed by atoms with Crippen LogP contribution in [0.1, 0.15) is 19.0 Å². The first-order valence-electron chi connectivity index (χ1n) is 5.94. The minimum atomic E-state index is -0.328. The first-order chi connectivity index (χ1) is 8.65. The number of guanidine groups is 1. The molecular weight excluding hydrogens is 230 g/mol. The molecule has 0 saturated heterocycles. The zero-order chi connectivity index (χ0) is 13.4. The molecule has 1 rings (SSSR count). The van der Waals surface area contributed by atoms with Gasteiger partial charge in [0, 0.05) is 25.0 Å². The van der Waals surface area contributed by atoms with Crippen LogP contribution in [0.15, 0.2) is 24.4 Å². The number of urea groups is 1. The molecule has 6 heteroatoms. The standard InChI is InChI=1S/C12H19N5O/c1-2-15-12(18)17(11(13)14)9-5-7-10-6-3-4-8-16-10/h3-4,6,8H,2,5,7,9H2,1H3,(H3,13,14)(H,15,18). The molecular formula is C12H19N5O. The van der Waals surface area contributed by atoms with Crippen LogP contribution in [0.2, 0.25) is 0 Å². The molecule has 0 atom stereocenters. The Balaban J connectivity index is 2.43. The third-order valence-electron chi connectivity index (χ3n) is 2.40. The van der Waals surface area contributed by atoms with Crippen LogP contribution in [0.3, 0.4) is 0 Å². The van der Waals surface area contributed by atoms with Crippen LogP contribution in [-0.2, 0) is 6.42 Å². The summed E-state index contributed by atoms with van der Waals surface area (Å²) in [5.74, 6) is -0.234. The van der Waals surface area contributed by atoms with E-state index in [1.54, 1.807) is 6.20 Å². The molecule has 0 aliphatic rings. The van der Waals surface area contributed by atoms with E-state index in [-0.39, 0.29) is 12.0 Å². The summed E-state index contributed by atoms with van der Waals surface area (Å²) in [6.07, 6.45) is 3.21. The van der Waals surface area contributed by atoms with Gasteiger partial charge in [0.15, 0.2) is 5.96 Å². The summed E-state index contributed by atoms with van der Waals surface area (Å²) in [7, 11) is 0. The van der Waals surface area contributed by atoms with Crippen LogP contribution in [0.5, 0.6) is 0 Å². The first kappa shape index (κ1) is 14.0. The largest absolute Gasteiger partial charge is 0.370 e. The number of hydrogen-bond donors (Lipinski definition) is 3. The average molecular weight is 249 g/mol. The van der Waals surface area contributed by atoms with E-state index in [0.717, 1.165) is 12.1 Å². The summed E-state index contributed by atoms with van der Waals surface area (Å²) in [5.41, 5.74) is 6.35. The summed E-state index contributed by atoms with van der Waals surface area (Å²) in [4.78, 5) is 17.0. The molecule has 0 unspecified atom stereocenters. The molecule has 4 N–H and O–H groups in total. The quantitative estimate of drug-likeness (QED) is 0.535. The summed E-state index contributed by atoms with van der Waals surface area (Å²) in [6.45, 7) is 2.75. The van der Waals surface area contributed by atoms with Crippen molar-refractivity contribution in [2.45, 2.75) is 19.8 Å². The number of nitrogens with one attached hydrogen (secondary N) is 2. The third kappa shape index (κ3) is 4.40. The Kier molecular flexibility index (Phi) is 5.63. The van der Waals surface area contributed by atoms with Gasteiger partial charge in [-0.1, -0.05) is 6.07 Å². The molecule has 6 nitrogen and oxygen atoms in total. The third-order valence-corrected chi connectivity index (χ3v) is 2.40. The van der Waals surface area contributed by atoms with Crippen molar-refractivity contribution in [2.75, 3.05) is 13.1 Å². The molecule has 2 amide bonds. The number of amides is 2. The van der Waals surface area contributed by atoms with E-state index in [9.17, 15) is 4.79 Å². The molecule has 0 radical (unpaired) electrons. The fraction of sp³-hybridized carbons (Fsp3) is 0.417. The van der Waals surface area contributed by atoms with Crippen LogP contribution >= 0.6 is 0 Å². The van der Waals surface area contributed by atoms with Gasteiger partial charge in [0.1, 0.15) is 0 Å². The van der Waals surface area contributed by atoms with E-state index in [1.165, 1.54) is 4.90 Å². The van der Waals surface area contributed by atoms with Crippen LogP contribution in [0.25, 0.3) is 0 Å². The first-order valence-corrected chi connectivity index (χ1v) is 5.94. The van der Waals surface area contributed by atoms with Gasteiger partial charge in [0.05, 0.1) is 0 Å². The van der Waals surface area contributed by atoms with E-state index in [0.29, 0.717) is 19.5 Å². The highest BCUT2D eigenvalue weighted by molar-refractivity contribution is 5.93. The molecule has 0 saturated carbocycles. The minimum absolute atomic E-state index is 0.234. The highest BCUT2D eigenvalue weighted by Gasteiger charge is 2.14. The second kappa shape index (κ2) is 7.26. The van der Waals surface area contributed by atoms with Gasteiger partial charge < -0.3 is 11.1 Å². The van der Waals surface area contributed by atoms with Crippen molar-refractivity contribution >= 4 is 12.0 Å². The van der Waals surface area contributed by atoms with E-state index < -0.39 is 0 Å². The smallest absolute Gasteiger partial charge is 0.324 e. The van der Waals surface area contributed by atoms with Gasteiger partial charge in [-0.25, -0.2) is 4.79 Å². The number of aromatic nitrogens is 1. The Labute approximate surface area is 107 Å². The molecule has 0 aliphatic carbocycles. The average Bonchev–Trinajstić information content (AvgIpc) is 2.35. The van der Waals surface area contributed by atoms with E-state index in [4.69, 9.17) is 11.1 Å². The highest BCUT2D eigenvalue weighted by atomic mass is 16.2. The van der Waals surface area contributed by atoms with Gasteiger partial charge in [-0.05, 0) is 31.9 Å². The number of aryl methyl sites for hydroxylation is 1. The zero-order valence-electron chi connectivity index (χ0n) is 10.5. The fourth-order valence-corrected chi connectivity index (χ4v) is 1.54. The van der Waals surface area contributed by atoms with Gasteiger partial charge in [-0.3, -0.25) is 15.3 Å². The molecule has 0 aromatic carbocycles. The van der Waals surface area contributed by atoms with Crippen LogP contribution < -0.4 is 11.1 Å². The van der Waals surface area contributed by atoms with Crippen molar-refractivity contribution in [3.8, 4) is 0 Å². The number of carbonyl (C=O) groups is 1. The maximum Gasteiger partial charge on any atom is 0.324 e. The maximum absolute atomic E-state index is 11.6. The molecule has 0 aliphatic heterocycles. The second-order valence-electron chi connectivity index (χ2n) is 3.80. The molecule has 0 bridgehead atoms. The fourth-order valence-electron chi connectivity index (χ4n) is 1.54. The summed E-state index contributed by atoms with van der Waals surface area (Å²) in [5, 5.41) is 10.00. The van der Waals surface area contributed by atoms with Gasteiger partial charge in [-0.15, -0.1) is 0 Å². The van der Waals surface area contributed by atoms with Crippen LogP contribution in [0.4, 0.5) is 4.79 Å². The number of carbonyl (C=O) groups excluding carboxylic acids is 1.